The maximum atomic E-state index is 15.3. The maximum Gasteiger partial charge on any atom is 0.264 e. The molecule has 3 N–H and O–H groups in total. The average molecular weight is 980 g/mol. The second-order valence-corrected chi connectivity index (χ2v) is 21.1. The highest BCUT2D eigenvalue weighted by Gasteiger charge is 2.45. The van der Waals surface area contributed by atoms with E-state index in [4.69, 9.17) is 9.84 Å². The first kappa shape index (κ1) is 49.0. The molecule has 15 nitrogen and oxygen atoms in total. The zero-order valence-corrected chi connectivity index (χ0v) is 41.6. The number of fused-ring (bicyclic) bond motifs is 2. The number of ether oxygens (including phenoxy) is 1. The van der Waals surface area contributed by atoms with Crippen LogP contribution in [0.2, 0.25) is 0 Å². The molecule has 4 aliphatic heterocycles. The zero-order valence-electron chi connectivity index (χ0n) is 40.8. The molecule has 0 bridgehead atoms. The number of alkyl halides is 2. The summed E-state index contributed by atoms with van der Waals surface area (Å²) >= 11 is 1.56. The van der Waals surface area contributed by atoms with Gasteiger partial charge in [0.25, 0.3) is 6.43 Å². The molecule has 5 aromatic rings. The van der Waals surface area contributed by atoms with Crippen molar-refractivity contribution >= 4 is 46.5 Å². The Morgan fingerprint density at radius 1 is 1.00 bits per heavy atom. The van der Waals surface area contributed by atoms with Crippen LogP contribution in [-0.4, -0.2) is 109 Å². The van der Waals surface area contributed by atoms with Crippen molar-refractivity contribution in [3.63, 3.8) is 0 Å². The first-order valence-electron chi connectivity index (χ1n) is 24.3. The van der Waals surface area contributed by atoms with E-state index >= 15 is 8.78 Å². The van der Waals surface area contributed by atoms with Gasteiger partial charge in [-0.25, -0.2) is 13.8 Å². The fourth-order valence-corrected chi connectivity index (χ4v) is 11.3. The number of hydrogen-bond acceptors (Lipinski definition) is 10. The van der Waals surface area contributed by atoms with Crippen LogP contribution >= 0.6 is 11.3 Å². The lowest BCUT2D eigenvalue weighted by Crippen LogP contribution is -2.58. The van der Waals surface area contributed by atoms with Gasteiger partial charge in [0.1, 0.15) is 18.6 Å². The summed E-state index contributed by atoms with van der Waals surface area (Å²) in [5.74, 6) is -0.666. The SMILES string of the molecule is CC(=O)N1CCc2c(c(N3CCCc4cc(-c5cc(C)n(CC(=O)N[C@H](C(=O)N6C[C@H](O)C[C@H]6C(=O)NCc6ccc(-c7scnc7C)cc6)C(C)(C)C)c5)c(C(F)F)cc43)nn2C2CCOCC2)C1. The summed E-state index contributed by atoms with van der Waals surface area (Å²) in [6.07, 6.45) is 1.79. The average Bonchev–Trinajstić information content (AvgIpc) is 4.14. The Kier molecular flexibility index (Phi) is 14.0. The minimum absolute atomic E-state index is 0.0173. The summed E-state index contributed by atoms with van der Waals surface area (Å²) < 4.78 is 40.1. The van der Waals surface area contributed by atoms with Crippen molar-refractivity contribution < 1.29 is 37.8 Å². The maximum absolute atomic E-state index is 15.3. The second kappa shape index (κ2) is 20.0. The highest BCUT2D eigenvalue weighted by atomic mass is 32.1. The van der Waals surface area contributed by atoms with Crippen molar-refractivity contribution in [2.75, 3.05) is 37.7 Å². The molecule has 18 heteroatoms. The van der Waals surface area contributed by atoms with Gasteiger partial charge in [0, 0.05) is 99.1 Å². The van der Waals surface area contributed by atoms with Crippen molar-refractivity contribution in [3.05, 3.63) is 93.5 Å². The third-order valence-electron chi connectivity index (χ3n) is 14.4. The van der Waals surface area contributed by atoms with Crippen LogP contribution in [0.15, 0.2) is 54.2 Å². The molecule has 9 rings (SSSR count). The number of halogens is 2. The van der Waals surface area contributed by atoms with Gasteiger partial charge in [-0.05, 0) is 85.4 Å². The molecule has 0 spiro atoms. The van der Waals surface area contributed by atoms with Crippen molar-refractivity contribution in [3.8, 4) is 21.6 Å². The molecule has 3 aromatic heterocycles. The number of nitrogens with zero attached hydrogens (tertiary/aromatic N) is 7. The number of nitrogens with one attached hydrogen (secondary N) is 2. The number of anilines is 2. The Bertz CT molecular complexity index is 2770. The zero-order chi connectivity index (χ0) is 49.6. The Labute approximate surface area is 411 Å². The normalized spacial score (nSPS) is 19.0. The number of β-amino-alcohol motifs (C(OH)–C–C–N with tert-alkyl or cyclic N) is 1. The molecule has 2 saturated heterocycles. The van der Waals surface area contributed by atoms with Gasteiger partial charge in [-0.3, -0.25) is 23.9 Å². The molecule has 4 aliphatic rings. The van der Waals surface area contributed by atoms with E-state index in [-0.39, 0.29) is 43.6 Å². The van der Waals surface area contributed by atoms with E-state index in [1.807, 2.05) is 62.9 Å². The number of carbonyl (C=O) groups is 4. The Hall–Kier alpha value is -5.98. The lowest BCUT2D eigenvalue weighted by atomic mass is 9.85. The molecule has 70 heavy (non-hydrogen) atoms. The summed E-state index contributed by atoms with van der Waals surface area (Å²) in [6, 6.07) is 11.2. The van der Waals surface area contributed by atoms with E-state index < -0.39 is 47.7 Å². The number of thiazole rings is 1. The first-order chi connectivity index (χ1) is 33.4. The molecule has 372 valence electrons. The summed E-state index contributed by atoms with van der Waals surface area (Å²) in [4.78, 5) is 65.2. The predicted octanol–water partition coefficient (Wildman–Crippen LogP) is 7.18. The van der Waals surface area contributed by atoms with Crippen molar-refractivity contribution in [1.29, 1.82) is 0 Å². The van der Waals surface area contributed by atoms with Crippen molar-refractivity contribution in [1.82, 2.24) is 39.8 Å². The number of aliphatic hydroxyl groups excluding tert-OH is 1. The number of carbonyl (C=O) groups excluding carboxylic acids is 4. The van der Waals surface area contributed by atoms with Crippen LogP contribution < -0.4 is 15.5 Å². The van der Waals surface area contributed by atoms with Gasteiger partial charge in [0.15, 0.2) is 5.82 Å². The Balaban J connectivity index is 0.911. The van der Waals surface area contributed by atoms with Crippen LogP contribution in [0.4, 0.5) is 20.3 Å². The van der Waals surface area contributed by atoms with Crippen LogP contribution in [0.1, 0.15) is 105 Å². The number of hydrogen-bond donors (Lipinski definition) is 3. The standard InChI is InChI=1S/C52H63F2N9O6S/c1-30-20-36(39-21-35-8-7-16-61(43(35)23-40(39)48(53)54)49-41-27-59(32(3)64)17-13-42(41)63(58-49)37-14-18-69-19-15-37)25-60(30)28-45(66)57-47(52(4,5)6)51(68)62-26-38(65)22-44(62)50(67)55-24-33-9-11-34(12-10-33)46-31(2)56-29-70-46/h9-12,20-21,23,25,29,37-38,44,47-48,65H,7-8,13-19,22,24,26-28H2,1-6H3,(H,55,67)(H,57,66)/t38-,44+,47-/m1/s1. The lowest BCUT2D eigenvalue weighted by molar-refractivity contribution is -0.144. The highest BCUT2D eigenvalue weighted by Crippen LogP contribution is 2.44. The highest BCUT2D eigenvalue weighted by molar-refractivity contribution is 7.13. The van der Waals surface area contributed by atoms with E-state index in [0.29, 0.717) is 74.0 Å². The Morgan fingerprint density at radius 3 is 2.44 bits per heavy atom. The molecule has 2 aromatic carbocycles. The van der Waals surface area contributed by atoms with Crippen LogP contribution in [0.5, 0.6) is 0 Å². The van der Waals surface area contributed by atoms with Gasteiger partial charge in [0.05, 0.1) is 34.8 Å². The molecule has 0 saturated carbocycles. The largest absolute Gasteiger partial charge is 0.391 e. The number of likely N-dealkylation sites (tertiary alicyclic amines) is 1. The third kappa shape index (κ3) is 9.99. The third-order valence-corrected chi connectivity index (χ3v) is 15.3. The van der Waals surface area contributed by atoms with Crippen molar-refractivity contribution in [2.24, 2.45) is 5.41 Å². The van der Waals surface area contributed by atoms with Gasteiger partial charge in [-0.15, -0.1) is 11.3 Å². The topological polar surface area (TPSA) is 167 Å². The molecule has 0 radical (unpaired) electrons. The van der Waals surface area contributed by atoms with Crippen LogP contribution in [0.3, 0.4) is 0 Å². The minimum atomic E-state index is -2.81. The summed E-state index contributed by atoms with van der Waals surface area (Å²) in [6.45, 7) is 13.6. The van der Waals surface area contributed by atoms with E-state index in [1.54, 1.807) is 53.6 Å². The van der Waals surface area contributed by atoms with E-state index in [0.717, 1.165) is 57.8 Å². The number of amides is 4. The fourth-order valence-electron chi connectivity index (χ4n) is 10.5. The van der Waals surface area contributed by atoms with E-state index in [9.17, 15) is 24.3 Å². The van der Waals surface area contributed by atoms with E-state index in [2.05, 4.69) is 25.2 Å². The van der Waals surface area contributed by atoms with E-state index in [1.165, 1.54) is 4.90 Å². The monoisotopic (exact) mass is 979 g/mol. The molecular formula is C52H63F2N9O6S. The lowest BCUT2D eigenvalue weighted by Gasteiger charge is -2.35. The smallest absolute Gasteiger partial charge is 0.264 e. The predicted molar refractivity (Wildman–Crippen MR) is 263 cm³/mol. The molecular weight excluding hydrogens is 917 g/mol. The molecule has 7 heterocycles. The van der Waals surface area contributed by atoms with Gasteiger partial charge < -0.3 is 39.7 Å². The van der Waals surface area contributed by atoms with Crippen LogP contribution in [-0.2, 0) is 56.4 Å². The second-order valence-electron chi connectivity index (χ2n) is 20.3. The minimum Gasteiger partial charge on any atom is -0.391 e. The summed E-state index contributed by atoms with van der Waals surface area (Å²) in [7, 11) is 0. The summed E-state index contributed by atoms with van der Waals surface area (Å²) in [5.41, 5.74) is 8.95. The molecule has 0 unspecified atom stereocenters. The van der Waals surface area contributed by atoms with Crippen molar-refractivity contribution in [2.45, 2.75) is 130 Å². The fraction of sp³-hybridized carbons (Fsp3) is 0.500. The quantitative estimate of drug-likeness (QED) is 0.117. The molecule has 0 aliphatic carbocycles. The number of aliphatic hydroxyl groups is 1. The number of aryl methyl sites for hydroxylation is 3. The molecule has 3 atom stereocenters. The molecule has 2 fully saturated rings. The van der Waals surface area contributed by atoms with Gasteiger partial charge in [0.2, 0.25) is 23.6 Å². The Morgan fingerprint density at radius 2 is 1.76 bits per heavy atom. The number of benzene rings is 2. The number of rotatable bonds is 12. The molecule has 4 amide bonds. The van der Waals surface area contributed by atoms with Gasteiger partial charge >= 0.3 is 0 Å². The summed E-state index contributed by atoms with van der Waals surface area (Å²) in [5, 5.41) is 21.8. The van der Waals surface area contributed by atoms with Gasteiger partial charge in [-0.2, -0.15) is 5.10 Å². The van der Waals surface area contributed by atoms with Crippen LogP contribution in [0, 0.1) is 19.3 Å². The number of aromatic nitrogens is 4. The first-order valence-corrected chi connectivity index (χ1v) is 25.2. The van der Waals surface area contributed by atoms with Gasteiger partial charge in [-0.1, -0.05) is 45.0 Å². The van der Waals surface area contributed by atoms with Crippen LogP contribution in [0.25, 0.3) is 21.6 Å².